The number of nitrogens with one attached hydrogen (secondary N) is 2. The molecule has 0 unspecified atom stereocenters. The van der Waals surface area contributed by atoms with Crippen molar-refractivity contribution < 1.29 is 23.8 Å². The van der Waals surface area contributed by atoms with Crippen molar-refractivity contribution in [3.05, 3.63) is 79.5 Å². The van der Waals surface area contributed by atoms with Crippen LogP contribution in [0.4, 0.5) is 17.1 Å². The molecule has 3 rings (SSSR count). The molecule has 0 aliphatic carbocycles. The molecule has 1 amide bonds. The fourth-order valence-corrected chi connectivity index (χ4v) is 4.13. The summed E-state index contributed by atoms with van der Waals surface area (Å²) in [5, 5.41) is 16.7. The minimum absolute atomic E-state index is 0.0400. The second-order valence-corrected chi connectivity index (χ2v) is 9.14. The number of esters is 1. The summed E-state index contributed by atoms with van der Waals surface area (Å²) in [5.74, 6) is 0.271. The number of furan rings is 1. The molecule has 0 saturated heterocycles. The third kappa shape index (κ3) is 6.10. The molecule has 0 saturated carbocycles. The number of hydrogen-bond acceptors (Lipinski definition) is 10. The van der Waals surface area contributed by atoms with Crippen LogP contribution in [0, 0.1) is 6.92 Å². The molecule has 11 heteroatoms. The number of carbonyl (C=O) groups excluding carboxylic acids is 2. The van der Waals surface area contributed by atoms with Crippen molar-refractivity contribution in [3.8, 4) is 5.75 Å². The molecule has 3 aromatic rings. The average Bonchev–Trinajstić information content (AvgIpc) is 3.35. The number of hydrogen-bond donors (Lipinski definition) is 4. The molecule has 0 aliphatic rings. The lowest BCUT2D eigenvalue weighted by molar-refractivity contribution is -0.141. The highest BCUT2D eigenvalue weighted by Gasteiger charge is 2.28. The van der Waals surface area contributed by atoms with Crippen LogP contribution in [-0.4, -0.2) is 48.3 Å². The summed E-state index contributed by atoms with van der Waals surface area (Å²) in [6.45, 7) is 3.39. The van der Waals surface area contributed by atoms with Gasteiger partial charge in [0, 0.05) is 7.05 Å². The summed E-state index contributed by atoms with van der Waals surface area (Å²) in [7, 11) is 2.59. The lowest BCUT2D eigenvalue weighted by Gasteiger charge is -2.24. The quantitative estimate of drug-likeness (QED) is 0.0889. The fourth-order valence-electron chi connectivity index (χ4n) is 3.97. The van der Waals surface area contributed by atoms with E-state index >= 15 is 0 Å². The number of rotatable bonds is 12. The molecule has 202 valence electrons. The third-order valence-electron chi connectivity index (χ3n) is 6.08. The van der Waals surface area contributed by atoms with Gasteiger partial charge in [-0.2, -0.15) is 12.6 Å². The number of likely N-dealkylation sites (N-methyl/N-ethyl adjacent to an activating group) is 1. The topological polar surface area (TPSA) is 138 Å². The highest BCUT2D eigenvalue weighted by atomic mass is 32.1. The summed E-state index contributed by atoms with van der Waals surface area (Å²) >= 11 is 4.29. The zero-order chi connectivity index (χ0) is 28.0. The van der Waals surface area contributed by atoms with E-state index in [0.29, 0.717) is 23.7 Å². The first-order chi connectivity index (χ1) is 18.1. The van der Waals surface area contributed by atoms with Gasteiger partial charge in [-0.1, -0.05) is 12.1 Å². The van der Waals surface area contributed by atoms with Crippen molar-refractivity contribution in [1.29, 1.82) is 0 Å². The molecule has 0 aliphatic heterocycles. The van der Waals surface area contributed by atoms with Crippen molar-refractivity contribution in [3.63, 3.8) is 0 Å². The number of amides is 1. The lowest BCUT2D eigenvalue weighted by atomic mass is 9.98. The smallest absolute Gasteiger partial charge is 0.325 e. The molecule has 0 spiro atoms. The van der Waals surface area contributed by atoms with Crippen LogP contribution in [0.25, 0.3) is 0 Å². The second kappa shape index (κ2) is 12.5. The number of aromatic hydroxyl groups is 1. The number of allylic oxidation sites excluding steroid dienone is 1. The third-order valence-corrected chi connectivity index (χ3v) is 6.39. The maximum atomic E-state index is 12.8. The number of carbonyl (C=O) groups is 2. The molecule has 2 aromatic carbocycles. The Labute approximate surface area is 225 Å². The number of nitrogens with zero attached hydrogens (tertiary/aromatic N) is 1. The average molecular weight is 542 g/mol. The summed E-state index contributed by atoms with van der Waals surface area (Å²) in [6, 6.07) is 7.46. The SMILES string of the molecule is C/C=C(/CCCS)[C@@H](Nc1c(Nc2cccc(C(=O)N(C)CC(=O)OC)c2O)c(=O)c1=O)c1ccc(C)o1. The molecule has 38 heavy (non-hydrogen) atoms. The predicted octanol–water partition coefficient (Wildman–Crippen LogP) is 3.69. The highest BCUT2D eigenvalue weighted by molar-refractivity contribution is 7.80. The molecule has 3 N–H and O–H groups in total. The maximum Gasteiger partial charge on any atom is 0.325 e. The largest absolute Gasteiger partial charge is 0.505 e. The normalized spacial score (nSPS) is 12.3. The number of methoxy groups -OCH3 is 1. The van der Waals surface area contributed by atoms with Crippen LogP contribution in [-0.2, 0) is 9.53 Å². The van der Waals surface area contributed by atoms with E-state index in [9.17, 15) is 24.3 Å². The van der Waals surface area contributed by atoms with Gasteiger partial charge in [0.15, 0.2) is 5.75 Å². The van der Waals surface area contributed by atoms with Crippen LogP contribution >= 0.6 is 12.6 Å². The van der Waals surface area contributed by atoms with Gasteiger partial charge in [0.25, 0.3) is 16.8 Å². The molecule has 0 fully saturated rings. The maximum absolute atomic E-state index is 12.8. The van der Waals surface area contributed by atoms with E-state index in [4.69, 9.17) is 4.42 Å². The van der Waals surface area contributed by atoms with E-state index < -0.39 is 34.5 Å². The van der Waals surface area contributed by atoms with Gasteiger partial charge in [0.2, 0.25) is 0 Å². The van der Waals surface area contributed by atoms with E-state index in [1.807, 2.05) is 32.1 Å². The number of phenolic OH excluding ortho intramolecular Hbond substituents is 1. The first-order valence-electron chi connectivity index (χ1n) is 12.0. The molecule has 1 atom stereocenters. The molecule has 10 nitrogen and oxygen atoms in total. The van der Waals surface area contributed by atoms with Gasteiger partial charge < -0.3 is 29.8 Å². The zero-order valence-corrected chi connectivity index (χ0v) is 22.6. The number of thiol groups is 1. The van der Waals surface area contributed by atoms with Crippen LogP contribution in [0.5, 0.6) is 5.75 Å². The Hall–Kier alpha value is -3.99. The van der Waals surface area contributed by atoms with Crippen LogP contribution in [0.15, 0.2) is 56.0 Å². The van der Waals surface area contributed by atoms with Gasteiger partial charge in [0.05, 0.1) is 18.4 Å². The van der Waals surface area contributed by atoms with Gasteiger partial charge in [-0.05, 0) is 62.3 Å². The van der Waals surface area contributed by atoms with Crippen LogP contribution in [0.1, 0.15) is 47.7 Å². The lowest BCUT2D eigenvalue weighted by Crippen LogP contribution is -2.37. The van der Waals surface area contributed by atoms with E-state index in [1.165, 1.54) is 32.4 Å². The Kier molecular flexibility index (Phi) is 9.40. The van der Waals surface area contributed by atoms with Crippen molar-refractivity contribution in [2.45, 2.75) is 32.7 Å². The first kappa shape index (κ1) is 28.6. The molecule has 1 aromatic heterocycles. The predicted molar refractivity (Wildman–Crippen MR) is 148 cm³/mol. The van der Waals surface area contributed by atoms with Gasteiger partial charge in [-0.3, -0.25) is 19.2 Å². The highest BCUT2D eigenvalue weighted by Crippen LogP contribution is 2.35. The summed E-state index contributed by atoms with van der Waals surface area (Å²) in [6.07, 6.45) is 3.43. The Morgan fingerprint density at radius 1 is 1.18 bits per heavy atom. The summed E-state index contributed by atoms with van der Waals surface area (Å²) in [5.41, 5.74) is -0.579. The molecule has 0 bridgehead atoms. The summed E-state index contributed by atoms with van der Waals surface area (Å²) in [4.78, 5) is 50.5. The first-order valence-corrected chi connectivity index (χ1v) is 12.6. The number of anilines is 3. The van der Waals surface area contributed by atoms with E-state index in [0.717, 1.165) is 16.9 Å². The molecular weight excluding hydrogens is 510 g/mol. The van der Waals surface area contributed by atoms with Gasteiger partial charge in [-0.15, -0.1) is 0 Å². The van der Waals surface area contributed by atoms with E-state index in [1.54, 1.807) is 0 Å². The van der Waals surface area contributed by atoms with Crippen LogP contribution in [0.3, 0.4) is 0 Å². The van der Waals surface area contributed by atoms with Crippen molar-refractivity contribution in [2.75, 3.05) is 37.1 Å². The van der Waals surface area contributed by atoms with Gasteiger partial charge >= 0.3 is 5.97 Å². The second-order valence-electron chi connectivity index (χ2n) is 8.69. The van der Waals surface area contributed by atoms with Crippen LogP contribution < -0.4 is 21.5 Å². The number of ether oxygens (including phenoxy) is 1. The van der Waals surface area contributed by atoms with Gasteiger partial charge in [0.1, 0.15) is 35.5 Å². The van der Waals surface area contributed by atoms with E-state index in [-0.39, 0.29) is 29.2 Å². The Morgan fingerprint density at radius 3 is 2.50 bits per heavy atom. The minimum atomic E-state index is -0.766. The fraction of sp³-hybridized carbons (Fsp3) is 0.333. The van der Waals surface area contributed by atoms with Crippen LogP contribution in [0.2, 0.25) is 0 Å². The number of phenols is 1. The Balaban J connectivity index is 1.92. The van der Waals surface area contributed by atoms with E-state index in [2.05, 4.69) is 28.0 Å². The Bertz CT molecular complexity index is 1420. The van der Waals surface area contributed by atoms with Crippen molar-refractivity contribution >= 4 is 41.6 Å². The Morgan fingerprint density at radius 2 is 1.89 bits per heavy atom. The molecular formula is C27H31N3O7S. The van der Waals surface area contributed by atoms with Crippen molar-refractivity contribution in [2.24, 2.45) is 0 Å². The summed E-state index contributed by atoms with van der Waals surface area (Å²) < 4.78 is 10.4. The number of benzene rings is 1. The standard InChI is InChI=1S/C27H31N3O7S/c1-5-16(8-7-13-38)21(19-12-11-15(2)37-19)29-23-22(25(33)26(23)34)28-18-10-6-9-17(24(18)32)27(35)30(3)14-20(31)36-4/h5-6,9-12,21,28-29,32,38H,7-8,13-14H2,1-4H3/b16-5-/t21-/m1/s1. The zero-order valence-electron chi connectivity index (χ0n) is 21.7. The minimum Gasteiger partial charge on any atom is -0.505 e. The van der Waals surface area contributed by atoms with Crippen molar-refractivity contribution in [1.82, 2.24) is 4.90 Å². The molecule has 1 heterocycles. The number of para-hydroxylation sites is 1. The number of aryl methyl sites for hydroxylation is 1. The monoisotopic (exact) mass is 541 g/mol. The molecule has 0 radical (unpaired) electrons. The van der Waals surface area contributed by atoms with Gasteiger partial charge in [-0.25, -0.2) is 0 Å².